The molecule has 0 spiro atoms. The highest BCUT2D eigenvalue weighted by molar-refractivity contribution is 5.71. The number of nitrogens with two attached hydrogens (primary N) is 1. The van der Waals surface area contributed by atoms with Gasteiger partial charge in [0.15, 0.2) is 0 Å². The molecule has 4 nitrogen and oxygen atoms in total. The van der Waals surface area contributed by atoms with Gasteiger partial charge in [-0.15, -0.1) is 0 Å². The number of carbonyl (C=O) groups excluding carboxylic acids is 1. The summed E-state index contributed by atoms with van der Waals surface area (Å²) in [5.41, 5.74) is 4.92. The number of aliphatic hydroxyl groups is 1. The molecule has 0 radical (unpaired) electrons. The third kappa shape index (κ3) is 2.70. The van der Waals surface area contributed by atoms with Crippen LogP contribution in [0, 0.1) is 5.92 Å². The molecule has 1 fully saturated rings. The summed E-state index contributed by atoms with van der Waals surface area (Å²) in [6, 6.07) is -0.507. The molecule has 0 saturated heterocycles. The molecule has 1 aliphatic rings. The molecule has 0 aromatic heterocycles. The SMILES string of the molecule is NC(=O)NCC1CCCCC1O. The van der Waals surface area contributed by atoms with Gasteiger partial charge in [0, 0.05) is 12.5 Å². The first kappa shape index (κ1) is 9.32. The highest BCUT2D eigenvalue weighted by Gasteiger charge is 2.22. The molecule has 0 aromatic carbocycles. The number of rotatable bonds is 2. The molecule has 12 heavy (non-hydrogen) atoms. The second-order valence-corrected chi connectivity index (χ2v) is 3.36. The molecular weight excluding hydrogens is 156 g/mol. The van der Waals surface area contributed by atoms with Gasteiger partial charge in [0.05, 0.1) is 6.10 Å². The van der Waals surface area contributed by atoms with Gasteiger partial charge in [0.1, 0.15) is 0 Å². The predicted molar refractivity (Wildman–Crippen MR) is 45.6 cm³/mol. The summed E-state index contributed by atoms with van der Waals surface area (Å²) in [7, 11) is 0. The van der Waals surface area contributed by atoms with Crippen molar-refractivity contribution in [2.45, 2.75) is 31.8 Å². The second-order valence-electron chi connectivity index (χ2n) is 3.36. The van der Waals surface area contributed by atoms with E-state index in [1.807, 2.05) is 0 Å². The van der Waals surface area contributed by atoms with Crippen LogP contribution in [0.25, 0.3) is 0 Å². The van der Waals surface area contributed by atoms with Crippen LogP contribution in [-0.4, -0.2) is 23.8 Å². The maximum atomic E-state index is 10.4. The third-order valence-corrected chi connectivity index (χ3v) is 2.41. The maximum Gasteiger partial charge on any atom is 0.312 e. The van der Waals surface area contributed by atoms with E-state index in [4.69, 9.17) is 5.73 Å². The molecule has 0 heterocycles. The number of urea groups is 1. The Morgan fingerprint density at radius 3 is 2.75 bits per heavy atom. The standard InChI is InChI=1S/C8H16N2O2/c9-8(12)10-5-6-3-1-2-4-7(6)11/h6-7,11H,1-5H2,(H3,9,10,12). The van der Waals surface area contributed by atoms with Gasteiger partial charge in [-0.2, -0.15) is 0 Å². The number of nitrogens with one attached hydrogen (secondary N) is 1. The summed E-state index contributed by atoms with van der Waals surface area (Å²) in [4.78, 5) is 10.4. The Bertz CT molecular complexity index is 161. The first-order chi connectivity index (χ1) is 5.70. The Labute approximate surface area is 72.1 Å². The summed E-state index contributed by atoms with van der Waals surface area (Å²) in [5, 5.41) is 12.0. The molecule has 0 aromatic rings. The molecule has 0 aliphatic heterocycles. The molecular formula is C8H16N2O2. The summed E-state index contributed by atoms with van der Waals surface area (Å²) >= 11 is 0. The highest BCUT2D eigenvalue weighted by atomic mass is 16.3. The lowest BCUT2D eigenvalue weighted by atomic mass is 9.86. The number of amides is 2. The van der Waals surface area contributed by atoms with Crippen molar-refractivity contribution >= 4 is 6.03 Å². The second kappa shape index (κ2) is 4.30. The average Bonchev–Trinajstić information content (AvgIpc) is 2.03. The lowest BCUT2D eigenvalue weighted by Crippen LogP contribution is -2.39. The third-order valence-electron chi connectivity index (χ3n) is 2.41. The molecule has 70 valence electrons. The largest absolute Gasteiger partial charge is 0.393 e. The van der Waals surface area contributed by atoms with Crippen molar-refractivity contribution in [1.29, 1.82) is 0 Å². The summed E-state index contributed by atoms with van der Waals surface area (Å²) < 4.78 is 0. The Hall–Kier alpha value is -0.770. The van der Waals surface area contributed by atoms with Crippen LogP contribution >= 0.6 is 0 Å². The van der Waals surface area contributed by atoms with Crippen LogP contribution in [0.5, 0.6) is 0 Å². The van der Waals surface area contributed by atoms with Gasteiger partial charge in [0.25, 0.3) is 0 Å². The van der Waals surface area contributed by atoms with Crippen LogP contribution in [0.3, 0.4) is 0 Å². The Kier molecular flexibility index (Phi) is 3.34. The topological polar surface area (TPSA) is 75.4 Å². The summed E-state index contributed by atoms with van der Waals surface area (Å²) in [6.45, 7) is 0.510. The van der Waals surface area contributed by atoms with Gasteiger partial charge in [-0.25, -0.2) is 4.79 Å². The zero-order valence-corrected chi connectivity index (χ0v) is 7.12. The van der Waals surface area contributed by atoms with Gasteiger partial charge in [0.2, 0.25) is 0 Å². The summed E-state index contributed by atoms with van der Waals surface area (Å²) in [5.74, 6) is 0.200. The minimum Gasteiger partial charge on any atom is -0.393 e. The van der Waals surface area contributed by atoms with Crippen molar-refractivity contribution in [3.63, 3.8) is 0 Å². The van der Waals surface area contributed by atoms with E-state index in [0.717, 1.165) is 25.7 Å². The molecule has 2 amide bonds. The fourth-order valence-electron chi connectivity index (χ4n) is 1.66. The fourth-order valence-corrected chi connectivity index (χ4v) is 1.66. The van der Waals surface area contributed by atoms with Crippen molar-refractivity contribution in [3.8, 4) is 0 Å². The van der Waals surface area contributed by atoms with E-state index < -0.39 is 6.03 Å². The van der Waals surface area contributed by atoms with Crippen LogP contribution in [0.1, 0.15) is 25.7 Å². The van der Waals surface area contributed by atoms with Crippen molar-refractivity contribution < 1.29 is 9.90 Å². The molecule has 0 bridgehead atoms. The van der Waals surface area contributed by atoms with Crippen molar-refractivity contribution in [3.05, 3.63) is 0 Å². The van der Waals surface area contributed by atoms with Crippen LogP contribution < -0.4 is 11.1 Å². The predicted octanol–water partition coefficient (Wildman–Crippen LogP) is 0.206. The van der Waals surface area contributed by atoms with Crippen LogP contribution in [-0.2, 0) is 0 Å². The van der Waals surface area contributed by atoms with E-state index in [2.05, 4.69) is 5.32 Å². The first-order valence-electron chi connectivity index (χ1n) is 4.41. The monoisotopic (exact) mass is 172 g/mol. The number of carbonyl (C=O) groups is 1. The van der Waals surface area contributed by atoms with Gasteiger partial charge in [-0.1, -0.05) is 12.8 Å². The van der Waals surface area contributed by atoms with Crippen LogP contribution in [0.2, 0.25) is 0 Å². The number of hydrogen-bond donors (Lipinski definition) is 3. The highest BCUT2D eigenvalue weighted by Crippen LogP contribution is 2.23. The lowest BCUT2D eigenvalue weighted by Gasteiger charge is -2.27. The van der Waals surface area contributed by atoms with Gasteiger partial charge < -0.3 is 16.2 Å². The van der Waals surface area contributed by atoms with E-state index in [9.17, 15) is 9.90 Å². The van der Waals surface area contributed by atoms with Gasteiger partial charge in [-0.05, 0) is 12.8 Å². The van der Waals surface area contributed by atoms with Gasteiger partial charge in [-0.3, -0.25) is 0 Å². The molecule has 4 N–H and O–H groups in total. The van der Waals surface area contributed by atoms with E-state index >= 15 is 0 Å². The summed E-state index contributed by atoms with van der Waals surface area (Å²) in [6.07, 6.45) is 3.81. The van der Waals surface area contributed by atoms with Crippen molar-refractivity contribution in [1.82, 2.24) is 5.32 Å². The minimum atomic E-state index is -0.507. The first-order valence-corrected chi connectivity index (χ1v) is 4.41. The molecule has 1 rings (SSSR count). The average molecular weight is 172 g/mol. The molecule has 1 aliphatic carbocycles. The molecule has 1 saturated carbocycles. The van der Waals surface area contributed by atoms with E-state index in [1.165, 1.54) is 0 Å². The normalized spacial score (nSPS) is 29.8. The number of aliphatic hydroxyl groups excluding tert-OH is 1. The maximum absolute atomic E-state index is 10.4. The van der Waals surface area contributed by atoms with Crippen LogP contribution in [0.4, 0.5) is 4.79 Å². The fraction of sp³-hybridized carbons (Fsp3) is 0.875. The minimum absolute atomic E-state index is 0.200. The van der Waals surface area contributed by atoms with Crippen molar-refractivity contribution in [2.75, 3.05) is 6.54 Å². The zero-order valence-electron chi connectivity index (χ0n) is 7.12. The Morgan fingerprint density at radius 2 is 2.17 bits per heavy atom. The smallest absolute Gasteiger partial charge is 0.312 e. The number of hydrogen-bond acceptors (Lipinski definition) is 2. The molecule has 2 atom stereocenters. The Balaban J connectivity index is 2.24. The van der Waals surface area contributed by atoms with E-state index in [-0.39, 0.29) is 12.0 Å². The zero-order chi connectivity index (χ0) is 8.97. The molecule has 4 heteroatoms. The van der Waals surface area contributed by atoms with Crippen LogP contribution in [0.15, 0.2) is 0 Å². The van der Waals surface area contributed by atoms with Crippen molar-refractivity contribution in [2.24, 2.45) is 11.7 Å². The molecule has 2 unspecified atom stereocenters. The van der Waals surface area contributed by atoms with E-state index in [1.54, 1.807) is 0 Å². The van der Waals surface area contributed by atoms with Gasteiger partial charge >= 0.3 is 6.03 Å². The lowest BCUT2D eigenvalue weighted by molar-refractivity contribution is 0.0711. The Morgan fingerprint density at radius 1 is 1.50 bits per heavy atom. The van der Waals surface area contributed by atoms with E-state index in [0.29, 0.717) is 6.54 Å². The quantitative estimate of drug-likeness (QED) is 0.556. The number of primary amides is 1.